The average Bonchev–Trinajstić information content (AvgIpc) is 2.90. The van der Waals surface area contributed by atoms with Gasteiger partial charge in [0.15, 0.2) is 0 Å². The molecule has 3 aliphatic carbocycles. The van der Waals surface area contributed by atoms with Crippen molar-refractivity contribution in [1.82, 2.24) is 0 Å². The van der Waals surface area contributed by atoms with Gasteiger partial charge in [-0.25, -0.2) is 4.79 Å². The Bertz CT molecular complexity index is 729. The van der Waals surface area contributed by atoms with Gasteiger partial charge in [0.1, 0.15) is 6.10 Å². The van der Waals surface area contributed by atoms with Crippen molar-refractivity contribution in [3.63, 3.8) is 0 Å². The predicted molar refractivity (Wildman–Crippen MR) is 147 cm³/mol. The van der Waals surface area contributed by atoms with E-state index in [4.69, 9.17) is 4.74 Å². The van der Waals surface area contributed by atoms with Gasteiger partial charge >= 0.3 is 5.97 Å². The fraction of sp³-hybridized carbons (Fsp3) is 0.788. The molecule has 3 aliphatic rings. The lowest BCUT2D eigenvalue weighted by molar-refractivity contribution is 0.0109. The second-order valence-corrected chi connectivity index (χ2v) is 12.3. The lowest BCUT2D eigenvalue weighted by atomic mass is 9.70. The van der Waals surface area contributed by atoms with Gasteiger partial charge in [-0.15, -0.1) is 0 Å². The molecule has 2 nitrogen and oxygen atoms in total. The van der Waals surface area contributed by atoms with E-state index in [2.05, 4.69) is 26.0 Å². The normalized spacial score (nSPS) is 31.7. The van der Waals surface area contributed by atoms with E-state index in [0.717, 1.165) is 42.1 Å². The molecule has 196 valence electrons. The van der Waals surface area contributed by atoms with E-state index in [1.807, 2.05) is 12.1 Å². The molecule has 3 fully saturated rings. The van der Waals surface area contributed by atoms with Crippen LogP contribution in [0, 0.1) is 23.7 Å². The van der Waals surface area contributed by atoms with Gasteiger partial charge < -0.3 is 4.74 Å². The summed E-state index contributed by atoms with van der Waals surface area (Å²) >= 11 is 0. The highest BCUT2D eigenvalue weighted by Crippen LogP contribution is 2.42. The maximum atomic E-state index is 12.8. The zero-order valence-corrected chi connectivity index (χ0v) is 22.8. The largest absolute Gasteiger partial charge is 0.459 e. The summed E-state index contributed by atoms with van der Waals surface area (Å²) in [7, 11) is 0. The first-order chi connectivity index (χ1) is 17.2. The topological polar surface area (TPSA) is 26.3 Å². The quantitative estimate of drug-likeness (QED) is 0.246. The van der Waals surface area contributed by atoms with Crippen LogP contribution in [0.25, 0.3) is 0 Å². The second-order valence-electron chi connectivity index (χ2n) is 12.3. The molecular weight excluding hydrogens is 428 g/mol. The lowest BCUT2D eigenvalue weighted by Gasteiger charge is -2.37. The zero-order chi connectivity index (χ0) is 24.5. The SMILES string of the molecule is CCCCCC1CCC(c2ccc(C(=O)OC3CCC(C4CCC(CCC)CC4)CC3)cc2)CC1. The van der Waals surface area contributed by atoms with Crippen molar-refractivity contribution < 1.29 is 9.53 Å². The van der Waals surface area contributed by atoms with Gasteiger partial charge in [0, 0.05) is 0 Å². The summed E-state index contributed by atoms with van der Waals surface area (Å²) in [5.41, 5.74) is 2.15. The van der Waals surface area contributed by atoms with E-state index < -0.39 is 0 Å². The minimum Gasteiger partial charge on any atom is -0.459 e. The summed E-state index contributed by atoms with van der Waals surface area (Å²) in [6.45, 7) is 4.62. The monoisotopic (exact) mass is 480 g/mol. The van der Waals surface area contributed by atoms with Crippen molar-refractivity contribution in [2.24, 2.45) is 23.7 Å². The molecule has 0 atom stereocenters. The van der Waals surface area contributed by atoms with Crippen molar-refractivity contribution >= 4 is 5.97 Å². The van der Waals surface area contributed by atoms with Crippen LogP contribution in [0.5, 0.6) is 0 Å². The van der Waals surface area contributed by atoms with Gasteiger partial charge in [-0.2, -0.15) is 0 Å². The Kier molecular flexibility index (Phi) is 10.6. The highest BCUT2D eigenvalue weighted by Gasteiger charge is 2.32. The van der Waals surface area contributed by atoms with Crippen molar-refractivity contribution in [1.29, 1.82) is 0 Å². The fourth-order valence-corrected chi connectivity index (χ4v) is 7.61. The number of unbranched alkanes of at least 4 members (excludes halogenated alkanes) is 2. The number of esters is 1. The van der Waals surface area contributed by atoms with Gasteiger partial charge in [0.2, 0.25) is 0 Å². The number of rotatable bonds is 10. The number of hydrogen-bond acceptors (Lipinski definition) is 2. The molecule has 0 unspecified atom stereocenters. The third-order valence-corrected chi connectivity index (χ3v) is 9.93. The molecule has 0 spiro atoms. The lowest BCUT2D eigenvalue weighted by Crippen LogP contribution is -2.29. The van der Waals surface area contributed by atoms with Gasteiger partial charge in [0.05, 0.1) is 5.56 Å². The Balaban J connectivity index is 1.16. The number of ether oxygens (including phenoxy) is 1. The Morgan fingerprint density at radius 2 is 1.26 bits per heavy atom. The molecule has 2 heteroatoms. The van der Waals surface area contributed by atoms with Crippen LogP contribution in [-0.2, 0) is 4.74 Å². The highest BCUT2D eigenvalue weighted by molar-refractivity contribution is 5.89. The number of carbonyl (C=O) groups excluding carboxylic acids is 1. The number of benzene rings is 1. The molecule has 1 aromatic carbocycles. The molecule has 35 heavy (non-hydrogen) atoms. The van der Waals surface area contributed by atoms with E-state index in [9.17, 15) is 4.79 Å². The van der Waals surface area contributed by atoms with Crippen LogP contribution in [0.4, 0.5) is 0 Å². The zero-order valence-electron chi connectivity index (χ0n) is 22.8. The Labute approximate surface area is 216 Å². The highest BCUT2D eigenvalue weighted by atomic mass is 16.5. The van der Waals surface area contributed by atoms with Crippen LogP contribution in [-0.4, -0.2) is 12.1 Å². The predicted octanol–water partition coefficient (Wildman–Crippen LogP) is 9.86. The van der Waals surface area contributed by atoms with E-state index >= 15 is 0 Å². The molecule has 3 saturated carbocycles. The van der Waals surface area contributed by atoms with Gasteiger partial charge in [-0.05, 0) is 111 Å². The molecule has 0 heterocycles. The first-order valence-electron chi connectivity index (χ1n) is 15.5. The summed E-state index contributed by atoms with van der Waals surface area (Å²) in [6.07, 6.45) is 24.2. The summed E-state index contributed by atoms with van der Waals surface area (Å²) in [5, 5.41) is 0. The Hall–Kier alpha value is -1.31. The maximum Gasteiger partial charge on any atom is 0.338 e. The smallest absolute Gasteiger partial charge is 0.338 e. The first-order valence-corrected chi connectivity index (χ1v) is 15.5. The standard InChI is InChI=1S/C33H52O2/c1-3-5-6-8-26-11-15-27(16-12-26)29-17-19-31(20-18-29)33(34)35-32-23-21-30(22-24-32)28-13-9-25(7-4-2)10-14-28/h17-20,25-28,30,32H,3-16,21-24H2,1-2H3. The van der Waals surface area contributed by atoms with Gasteiger partial charge in [-0.3, -0.25) is 0 Å². The first kappa shape index (κ1) is 26.7. The minimum absolute atomic E-state index is 0.111. The van der Waals surface area contributed by atoms with E-state index in [-0.39, 0.29) is 12.1 Å². The average molecular weight is 481 g/mol. The third-order valence-electron chi connectivity index (χ3n) is 9.93. The van der Waals surface area contributed by atoms with Crippen molar-refractivity contribution in [2.75, 3.05) is 0 Å². The fourth-order valence-electron chi connectivity index (χ4n) is 7.61. The van der Waals surface area contributed by atoms with Crippen LogP contribution in [0.15, 0.2) is 24.3 Å². The summed E-state index contributed by atoms with van der Waals surface area (Å²) in [5.74, 6) is 4.30. The Morgan fingerprint density at radius 3 is 1.86 bits per heavy atom. The molecule has 0 amide bonds. The van der Waals surface area contributed by atoms with Gasteiger partial charge in [-0.1, -0.05) is 77.3 Å². The van der Waals surface area contributed by atoms with E-state index in [1.54, 1.807) is 0 Å². The second kappa shape index (κ2) is 13.8. The van der Waals surface area contributed by atoms with Crippen molar-refractivity contribution in [3.05, 3.63) is 35.4 Å². The van der Waals surface area contributed by atoms with E-state index in [1.165, 1.54) is 108 Å². The van der Waals surface area contributed by atoms with Crippen LogP contribution in [0.3, 0.4) is 0 Å². The van der Waals surface area contributed by atoms with Crippen LogP contribution in [0.2, 0.25) is 0 Å². The molecule has 0 bridgehead atoms. The molecule has 0 aromatic heterocycles. The summed E-state index contributed by atoms with van der Waals surface area (Å²) < 4.78 is 5.97. The van der Waals surface area contributed by atoms with E-state index in [0.29, 0.717) is 5.92 Å². The van der Waals surface area contributed by atoms with Crippen molar-refractivity contribution in [2.45, 2.75) is 141 Å². The Morgan fingerprint density at radius 1 is 0.686 bits per heavy atom. The molecule has 0 N–H and O–H groups in total. The molecular formula is C33H52O2. The van der Waals surface area contributed by atoms with Gasteiger partial charge in [0.25, 0.3) is 0 Å². The summed E-state index contributed by atoms with van der Waals surface area (Å²) in [4.78, 5) is 12.8. The van der Waals surface area contributed by atoms with Crippen LogP contribution in [0.1, 0.15) is 151 Å². The van der Waals surface area contributed by atoms with Crippen molar-refractivity contribution in [3.8, 4) is 0 Å². The number of hydrogen-bond donors (Lipinski definition) is 0. The molecule has 0 aliphatic heterocycles. The molecule has 4 rings (SSSR count). The van der Waals surface area contributed by atoms with Crippen LogP contribution >= 0.6 is 0 Å². The summed E-state index contributed by atoms with van der Waals surface area (Å²) in [6, 6.07) is 8.44. The maximum absolute atomic E-state index is 12.8. The van der Waals surface area contributed by atoms with Crippen LogP contribution < -0.4 is 0 Å². The minimum atomic E-state index is -0.111. The third kappa shape index (κ3) is 7.83. The molecule has 0 radical (unpaired) electrons. The molecule has 0 saturated heterocycles. The number of carbonyl (C=O) groups is 1. The molecule has 1 aromatic rings.